The van der Waals surface area contributed by atoms with Crippen molar-refractivity contribution in [2.24, 2.45) is 4.99 Å². The van der Waals surface area contributed by atoms with E-state index in [1.165, 1.54) is 4.88 Å². The van der Waals surface area contributed by atoms with Gasteiger partial charge < -0.3 is 15.1 Å². The van der Waals surface area contributed by atoms with Crippen LogP contribution in [0.2, 0.25) is 0 Å². The molecule has 2 aromatic rings. The summed E-state index contributed by atoms with van der Waals surface area (Å²) in [6.07, 6.45) is 3.54. The van der Waals surface area contributed by atoms with Crippen molar-refractivity contribution in [3.05, 3.63) is 40.2 Å². The minimum atomic E-state index is 0. The second-order valence-electron chi connectivity index (χ2n) is 3.99. The number of nitrogens with zero attached hydrogens (tertiary/aromatic N) is 2. The molecule has 0 atom stereocenters. The summed E-state index contributed by atoms with van der Waals surface area (Å²) in [5.41, 5.74) is 0. The summed E-state index contributed by atoms with van der Waals surface area (Å²) in [7, 11) is 0. The lowest BCUT2D eigenvalue weighted by molar-refractivity contribution is 0.512. The van der Waals surface area contributed by atoms with Gasteiger partial charge in [0.1, 0.15) is 17.3 Å². The average Bonchev–Trinajstić information content (AvgIpc) is 3.04. The van der Waals surface area contributed by atoms with Crippen LogP contribution in [0.1, 0.15) is 22.6 Å². The summed E-state index contributed by atoms with van der Waals surface area (Å²) in [4.78, 5) is 9.98. The van der Waals surface area contributed by atoms with Crippen molar-refractivity contribution < 1.29 is 4.42 Å². The smallest absolute Gasteiger partial charge is 0.192 e. The fraction of sp³-hybridized carbons (Fsp3) is 0.385. The lowest BCUT2D eigenvalue weighted by Crippen LogP contribution is -2.36. The molecule has 2 rings (SSSR count). The van der Waals surface area contributed by atoms with Crippen molar-refractivity contribution in [2.75, 3.05) is 6.54 Å². The van der Waals surface area contributed by atoms with Crippen molar-refractivity contribution in [3.8, 4) is 0 Å². The summed E-state index contributed by atoms with van der Waals surface area (Å²) < 4.78 is 5.26. The van der Waals surface area contributed by atoms with Crippen LogP contribution in [-0.2, 0) is 13.1 Å². The van der Waals surface area contributed by atoms with Gasteiger partial charge in [-0.05, 0) is 26.0 Å². The molecule has 5 nitrogen and oxygen atoms in total. The van der Waals surface area contributed by atoms with E-state index in [2.05, 4.69) is 27.5 Å². The summed E-state index contributed by atoms with van der Waals surface area (Å²) in [6, 6.07) is 3.78. The van der Waals surface area contributed by atoms with E-state index in [1.54, 1.807) is 17.6 Å². The first-order chi connectivity index (χ1) is 9.28. The Morgan fingerprint density at radius 2 is 2.30 bits per heavy atom. The van der Waals surface area contributed by atoms with Gasteiger partial charge in [-0.1, -0.05) is 0 Å². The molecule has 0 aromatic carbocycles. The first-order valence-electron chi connectivity index (χ1n) is 6.24. The molecule has 0 radical (unpaired) electrons. The van der Waals surface area contributed by atoms with Crippen molar-refractivity contribution in [2.45, 2.75) is 26.9 Å². The number of nitrogens with one attached hydrogen (secondary N) is 2. The highest BCUT2D eigenvalue weighted by Gasteiger charge is 2.02. The first-order valence-corrected chi connectivity index (χ1v) is 7.05. The van der Waals surface area contributed by atoms with E-state index in [9.17, 15) is 0 Å². The van der Waals surface area contributed by atoms with Gasteiger partial charge in [0.25, 0.3) is 0 Å². The topological polar surface area (TPSA) is 62.5 Å². The van der Waals surface area contributed by atoms with Gasteiger partial charge in [0.05, 0.1) is 12.8 Å². The molecular formula is C13H19IN4OS. The third-order valence-corrected chi connectivity index (χ3v) is 3.31. The van der Waals surface area contributed by atoms with Crippen LogP contribution in [0, 0.1) is 6.92 Å². The SMILES string of the molecule is CCNC(=NCc1ccco1)NCc1ncc(C)s1.I. The highest BCUT2D eigenvalue weighted by molar-refractivity contribution is 14.0. The van der Waals surface area contributed by atoms with Crippen LogP contribution >= 0.6 is 35.3 Å². The van der Waals surface area contributed by atoms with E-state index in [0.717, 1.165) is 23.3 Å². The Labute approximate surface area is 139 Å². The van der Waals surface area contributed by atoms with E-state index in [-0.39, 0.29) is 24.0 Å². The second-order valence-corrected chi connectivity index (χ2v) is 5.31. The number of rotatable bonds is 5. The van der Waals surface area contributed by atoms with E-state index in [4.69, 9.17) is 4.42 Å². The van der Waals surface area contributed by atoms with Crippen molar-refractivity contribution in [3.63, 3.8) is 0 Å². The fourth-order valence-electron chi connectivity index (χ4n) is 1.54. The number of furan rings is 1. The summed E-state index contributed by atoms with van der Waals surface area (Å²) >= 11 is 1.69. The van der Waals surface area contributed by atoms with E-state index in [1.807, 2.05) is 25.3 Å². The zero-order valence-electron chi connectivity index (χ0n) is 11.5. The number of aromatic nitrogens is 1. The monoisotopic (exact) mass is 406 g/mol. The van der Waals surface area contributed by atoms with Gasteiger partial charge in [0.15, 0.2) is 5.96 Å². The van der Waals surface area contributed by atoms with Crippen molar-refractivity contribution in [1.82, 2.24) is 15.6 Å². The molecule has 0 aliphatic carbocycles. The Kier molecular flexibility index (Phi) is 7.60. The predicted octanol–water partition coefficient (Wildman–Crippen LogP) is 2.92. The maximum Gasteiger partial charge on any atom is 0.192 e. The standard InChI is InChI=1S/C13H18N4OS.HI/c1-3-14-13(16-8-11-5-4-6-18-11)17-9-12-15-7-10(2)19-12;/h4-7H,3,8-9H2,1-2H3,(H2,14,16,17);1H. The molecule has 2 N–H and O–H groups in total. The molecule has 0 saturated heterocycles. The largest absolute Gasteiger partial charge is 0.467 e. The molecule has 2 aromatic heterocycles. The molecule has 0 bridgehead atoms. The Bertz CT molecular complexity index is 524. The van der Waals surface area contributed by atoms with Crippen LogP contribution in [0.15, 0.2) is 34.0 Å². The molecule has 7 heteroatoms. The van der Waals surface area contributed by atoms with Crippen LogP contribution in [-0.4, -0.2) is 17.5 Å². The number of aliphatic imine (C=N–C) groups is 1. The highest BCUT2D eigenvalue weighted by atomic mass is 127. The molecule has 0 amide bonds. The number of hydrogen-bond acceptors (Lipinski definition) is 4. The molecule has 0 unspecified atom stereocenters. The quantitative estimate of drug-likeness (QED) is 0.456. The number of hydrogen-bond donors (Lipinski definition) is 2. The van der Waals surface area contributed by atoms with E-state index in [0.29, 0.717) is 13.1 Å². The van der Waals surface area contributed by atoms with Crippen LogP contribution in [0.25, 0.3) is 0 Å². The van der Waals surface area contributed by atoms with Gasteiger partial charge in [0.2, 0.25) is 0 Å². The summed E-state index contributed by atoms with van der Waals surface area (Å²) in [6.45, 7) is 6.12. The minimum Gasteiger partial charge on any atom is -0.467 e. The lowest BCUT2D eigenvalue weighted by atomic mass is 10.4. The normalized spacial score (nSPS) is 11.0. The molecule has 0 aliphatic heterocycles. The third-order valence-electron chi connectivity index (χ3n) is 2.39. The molecule has 0 spiro atoms. The van der Waals surface area contributed by atoms with Gasteiger partial charge in [-0.15, -0.1) is 35.3 Å². The van der Waals surface area contributed by atoms with Crippen LogP contribution in [0.5, 0.6) is 0 Å². The van der Waals surface area contributed by atoms with E-state index < -0.39 is 0 Å². The third kappa shape index (κ3) is 5.49. The molecular weight excluding hydrogens is 387 g/mol. The molecule has 0 aliphatic rings. The Hall–Kier alpha value is -1.09. The number of guanidine groups is 1. The average molecular weight is 406 g/mol. The fourth-order valence-corrected chi connectivity index (χ4v) is 2.27. The molecule has 2 heterocycles. The van der Waals surface area contributed by atoms with Gasteiger partial charge in [-0.25, -0.2) is 9.98 Å². The van der Waals surface area contributed by atoms with Crippen molar-refractivity contribution >= 4 is 41.3 Å². The van der Waals surface area contributed by atoms with Gasteiger partial charge in [-0.3, -0.25) is 0 Å². The number of halogens is 1. The molecule has 110 valence electrons. The zero-order valence-corrected chi connectivity index (χ0v) is 14.7. The Balaban J connectivity index is 0.00000200. The number of aryl methyl sites for hydroxylation is 1. The van der Waals surface area contributed by atoms with E-state index >= 15 is 0 Å². The maximum absolute atomic E-state index is 5.26. The molecule has 0 fully saturated rings. The van der Waals surface area contributed by atoms with Crippen LogP contribution in [0.3, 0.4) is 0 Å². The maximum atomic E-state index is 5.26. The summed E-state index contributed by atoms with van der Waals surface area (Å²) in [5.74, 6) is 1.62. The minimum absolute atomic E-state index is 0. The second kappa shape index (κ2) is 8.96. The zero-order chi connectivity index (χ0) is 13.5. The molecule has 20 heavy (non-hydrogen) atoms. The molecule has 0 saturated carbocycles. The van der Waals surface area contributed by atoms with Crippen LogP contribution in [0.4, 0.5) is 0 Å². The van der Waals surface area contributed by atoms with Gasteiger partial charge in [-0.2, -0.15) is 0 Å². The van der Waals surface area contributed by atoms with Crippen molar-refractivity contribution in [1.29, 1.82) is 0 Å². The Morgan fingerprint density at radius 1 is 1.45 bits per heavy atom. The van der Waals surface area contributed by atoms with Gasteiger partial charge >= 0.3 is 0 Å². The summed E-state index contributed by atoms with van der Waals surface area (Å²) in [5, 5.41) is 7.51. The number of thiazole rings is 1. The lowest BCUT2D eigenvalue weighted by Gasteiger charge is -2.09. The predicted molar refractivity (Wildman–Crippen MR) is 92.6 cm³/mol. The first kappa shape index (κ1) is 17.0. The highest BCUT2D eigenvalue weighted by Crippen LogP contribution is 2.10. The van der Waals surface area contributed by atoms with Gasteiger partial charge in [0, 0.05) is 17.6 Å². The Morgan fingerprint density at radius 3 is 2.90 bits per heavy atom. The van der Waals surface area contributed by atoms with Crippen LogP contribution < -0.4 is 10.6 Å².